The Balaban J connectivity index is 1.96. The van der Waals surface area contributed by atoms with Gasteiger partial charge < -0.3 is 10.1 Å². The summed E-state index contributed by atoms with van der Waals surface area (Å²) in [7, 11) is 1.78. The highest BCUT2D eigenvalue weighted by Crippen LogP contribution is 2.28. The van der Waals surface area contributed by atoms with Crippen LogP contribution in [0.1, 0.15) is 37.7 Å². The predicted octanol–water partition coefficient (Wildman–Crippen LogP) is 3.19. The number of nitrogens with one attached hydrogen (secondary N) is 1. The number of hydrogen-bond donors (Lipinski definition) is 1. The van der Waals surface area contributed by atoms with Crippen molar-refractivity contribution in [2.45, 2.75) is 38.1 Å². The Morgan fingerprint density at radius 1 is 1.28 bits per heavy atom. The summed E-state index contributed by atoms with van der Waals surface area (Å²) in [6, 6.07) is 11.7. The van der Waals surface area contributed by atoms with Gasteiger partial charge in [-0.05, 0) is 36.7 Å². The average molecular weight is 247 g/mol. The molecule has 2 nitrogen and oxygen atoms in total. The molecule has 0 amide bonds. The SMILES string of the molecule is COCCC(C)C(CNC1CC1)c1ccccc1. The van der Waals surface area contributed by atoms with E-state index >= 15 is 0 Å². The molecule has 1 aliphatic rings. The monoisotopic (exact) mass is 247 g/mol. The molecule has 2 unspecified atom stereocenters. The van der Waals surface area contributed by atoms with Crippen molar-refractivity contribution >= 4 is 0 Å². The van der Waals surface area contributed by atoms with E-state index in [4.69, 9.17) is 4.74 Å². The predicted molar refractivity (Wildman–Crippen MR) is 75.9 cm³/mol. The van der Waals surface area contributed by atoms with Crippen molar-refractivity contribution in [2.24, 2.45) is 5.92 Å². The van der Waals surface area contributed by atoms with Gasteiger partial charge in [-0.2, -0.15) is 0 Å². The fourth-order valence-electron chi connectivity index (χ4n) is 2.43. The number of rotatable bonds is 8. The van der Waals surface area contributed by atoms with Crippen LogP contribution in [-0.2, 0) is 4.74 Å². The summed E-state index contributed by atoms with van der Waals surface area (Å²) in [5.41, 5.74) is 1.45. The zero-order valence-corrected chi connectivity index (χ0v) is 11.6. The summed E-state index contributed by atoms with van der Waals surface area (Å²) in [6.07, 6.45) is 3.84. The largest absolute Gasteiger partial charge is 0.385 e. The summed E-state index contributed by atoms with van der Waals surface area (Å²) in [6.45, 7) is 4.29. The molecule has 2 heteroatoms. The lowest BCUT2D eigenvalue weighted by atomic mass is 9.85. The maximum atomic E-state index is 5.22. The fourth-order valence-corrected chi connectivity index (χ4v) is 2.43. The van der Waals surface area contributed by atoms with Crippen LogP contribution >= 0.6 is 0 Å². The quantitative estimate of drug-likeness (QED) is 0.761. The molecule has 1 fully saturated rings. The number of benzene rings is 1. The molecule has 0 radical (unpaired) electrons. The number of methoxy groups -OCH3 is 1. The Hall–Kier alpha value is -0.860. The molecule has 1 aliphatic carbocycles. The van der Waals surface area contributed by atoms with Gasteiger partial charge in [-0.25, -0.2) is 0 Å². The Kier molecular flexibility index (Phi) is 5.21. The van der Waals surface area contributed by atoms with Gasteiger partial charge in [0.25, 0.3) is 0 Å². The summed E-state index contributed by atoms with van der Waals surface area (Å²) in [4.78, 5) is 0. The Bertz CT molecular complexity index is 334. The maximum absolute atomic E-state index is 5.22. The van der Waals surface area contributed by atoms with Gasteiger partial charge in [-0.1, -0.05) is 37.3 Å². The summed E-state index contributed by atoms with van der Waals surface area (Å²) >= 11 is 0. The first kappa shape index (κ1) is 13.6. The van der Waals surface area contributed by atoms with E-state index < -0.39 is 0 Å². The second-order valence-corrected chi connectivity index (χ2v) is 5.46. The van der Waals surface area contributed by atoms with Crippen LogP contribution in [0.4, 0.5) is 0 Å². The highest BCUT2D eigenvalue weighted by molar-refractivity contribution is 5.20. The van der Waals surface area contributed by atoms with Crippen molar-refractivity contribution in [3.63, 3.8) is 0 Å². The van der Waals surface area contributed by atoms with Crippen molar-refractivity contribution in [1.82, 2.24) is 5.32 Å². The molecule has 0 bridgehead atoms. The third-order valence-corrected chi connectivity index (χ3v) is 3.90. The van der Waals surface area contributed by atoms with Crippen molar-refractivity contribution in [3.05, 3.63) is 35.9 Å². The smallest absolute Gasteiger partial charge is 0.0465 e. The van der Waals surface area contributed by atoms with Gasteiger partial charge in [0.2, 0.25) is 0 Å². The lowest BCUT2D eigenvalue weighted by Gasteiger charge is -2.25. The lowest BCUT2D eigenvalue weighted by molar-refractivity contribution is 0.173. The number of hydrogen-bond acceptors (Lipinski definition) is 2. The van der Waals surface area contributed by atoms with Gasteiger partial charge in [0.15, 0.2) is 0 Å². The van der Waals surface area contributed by atoms with Gasteiger partial charge in [0, 0.05) is 26.3 Å². The molecule has 1 aromatic carbocycles. The van der Waals surface area contributed by atoms with Crippen LogP contribution in [0, 0.1) is 5.92 Å². The zero-order chi connectivity index (χ0) is 12.8. The first-order valence-electron chi connectivity index (χ1n) is 7.08. The van der Waals surface area contributed by atoms with E-state index in [0.29, 0.717) is 11.8 Å². The highest BCUT2D eigenvalue weighted by atomic mass is 16.5. The zero-order valence-electron chi connectivity index (χ0n) is 11.6. The minimum absolute atomic E-state index is 0.599. The summed E-state index contributed by atoms with van der Waals surface area (Å²) < 4.78 is 5.22. The van der Waals surface area contributed by atoms with E-state index in [2.05, 4.69) is 42.6 Å². The third kappa shape index (κ3) is 4.11. The minimum atomic E-state index is 0.599. The molecule has 0 heterocycles. The molecular weight excluding hydrogens is 222 g/mol. The Morgan fingerprint density at radius 3 is 2.61 bits per heavy atom. The first-order chi connectivity index (χ1) is 8.81. The van der Waals surface area contributed by atoms with Crippen LogP contribution in [0.25, 0.3) is 0 Å². The second kappa shape index (κ2) is 6.91. The molecule has 1 saturated carbocycles. The van der Waals surface area contributed by atoms with Crippen LogP contribution in [0.5, 0.6) is 0 Å². The van der Waals surface area contributed by atoms with Crippen molar-refractivity contribution in [3.8, 4) is 0 Å². The highest BCUT2D eigenvalue weighted by Gasteiger charge is 2.24. The normalized spacial score (nSPS) is 18.6. The van der Waals surface area contributed by atoms with Crippen molar-refractivity contribution in [2.75, 3.05) is 20.3 Å². The van der Waals surface area contributed by atoms with Crippen LogP contribution in [0.15, 0.2) is 30.3 Å². The van der Waals surface area contributed by atoms with E-state index in [1.165, 1.54) is 18.4 Å². The van der Waals surface area contributed by atoms with Crippen LogP contribution in [-0.4, -0.2) is 26.3 Å². The molecule has 0 aliphatic heterocycles. The molecule has 0 saturated heterocycles. The second-order valence-electron chi connectivity index (χ2n) is 5.46. The molecule has 2 atom stereocenters. The van der Waals surface area contributed by atoms with E-state index in [0.717, 1.165) is 25.6 Å². The minimum Gasteiger partial charge on any atom is -0.385 e. The third-order valence-electron chi connectivity index (χ3n) is 3.90. The summed E-state index contributed by atoms with van der Waals surface area (Å²) in [5, 5.41) is 3.67. The van der Waals surface area contributed by atoms with Crippen molar-refractivity contribution in [1.29, 1.82) is 0 Å². The maximum Gasteiger partial charge on any atom is 0.0465 e. The average Bonchev–Trinajstić information content (AvgIpc) is 3.22. The molecule has 2 rings (SSSR count). The molecule has 0 spiro atoms. The van der Waals surface area contributed by atoms with E-state index in [-0.39, 0.29) is 0 Å². The van der Waals surface area contributed by atoms with E-state index in [1.807, 2.05) is 0 Å². The topological polar surface area (TPSA) is 21.3 Å². The van der Waals surface area contributed by atoms with E-state index in [9.17, 15) is 0 Å². The molecular formula is C16H25NO. The Labute approximate surface area is 111 Å². The van der Waals surface area contributed by atoms with Gasteiger partial charge >= 0.3 is 0 Å². The van der Waals surface area contributed by atoms with Gasteiger partial charge in [0.1, 0.15) is 0 Å². The van der Waals surface area contributed by atoms with Crippen LogP contribution in [0.3, 0.4) is 0 Å². The number of ether oxygens (including phenoxy) is 1. The molecule has 100 valence electrons. The molecule has 1 aromatic rings. The van der Waals surface area contributed by atoms with Crippen LogP contribution in [0.2, 0.25) is 0 Å². The fraction of sp³-hybridized carbons (Fsp3) is 0.625. The van der Waals surface area contributed by atoms with Gasteiger partial charge in [-0.15, -0.1) is 0 Å². The van der Waals surface area contributed by atoms with Crippen molar-refractivity contribution < 1.29 is 4.74 Å². The summed E-state index contributed by atoms with van der Waals surface area (Å²) in [5.74, 6) is 1.25. The first-order valence-corrected chi connectivity index (χ1v) is 7.08. The van der Waals surface area contributed by atoms with Gasteiger partial charge in [-0.3, -0.25) is 0 Å². The van der Waals surface area contributed by atoms with Crippen LogP contribution < -0.4 is 5.32 Å². The lowest BCUT2D eigenvalue weighted by Crippen LogP contribution is -2.27. The van der Waals surface area contributed by atoms with E-state index in [1.54, 1.807) is 7.11 Å². The molecule has 0 aromatic heterocycles. The van der Waals surface area contributed by atoms with Gasteiger partial charge in [0.05, 0.1) is 0 Å². The molecule has 18 heavy (non-hydrogen) atoms. The Morgan fingerprint density at radius 2 is 2.00 bits per heavy atom. The standard InChI is InChI=1S/C16H25NO/c1-13(10-11-18-2)16(12-17-15-8-9-15)14-6-4-3-5-7-14/h3-7,13,15-17H,8-12H2,1-2H3. The molecule has 1 N–H and O–H groups in total.